The van der Waals surface area contributed by atoms with Crippen LogP contribution in [-0.2, 0) is 21.2 Å². The zero-order valence-electron chi connectivity index (χ0n) is 12.5. The standard InChI is InChI=1S/C15H15F4NO3S/c16-11-4-9(3-10(5-11)15(17,18)19)14(1-2-14)8-20-12(21)6-24-7-13(22)23/h3-5H,1-2,6-8H2,(H,20,21)(H,22,23). The Morgan fingerprint density at radius 2 is 1.88 bits per heavy atom. The van der Waals surface area contributed by atoms with Gasteiger partial charge in [0.2, 0.25) is 5.91 Å². The number of carbonyl (C=O) groups excluding carboxylic acids is 1. The third kappa shape index (κ3) is 4.86. The molecule has 0 bridgehead atoms. The van der Waals surface area contributed by atoms with Crippen LogP contribution in [0.5, 0.6) is 0 Å². The molecule has 4 nitrogen and oxygen atoms in total. The Morgan fingerprint density at radius 1 is 1.21 bits per heavy atom. The lowest BCUT2D eigenvalue weighted by atomic mass is 9.94. The van der Waals surface area contributed by atoms with Gasteiger partial charge in [-0.2, -0.15) is 13.2 Å². The quantitative estimate of drug-likeness (QED) is 0.730. The number of hydrogen-bond donors (Lipinski definition) is 2. The van der Waals surface area contributed by atoms with E-state index in [1.54, 1.807) is 0 Å². The van der Waals surface area contributed by atoms with Gasteiger partial charge >= 0.3 is 12.1 Å². The van der Waals surface area contributed by atoms with Gasteiger partial charge in [-0.3, -0.25) is 9.59 Å². The second-order valence-electron chi connectivity index (χ2n) is 5.67. The van der Waals surface area contributed by atoms with Gasteiger partial charge in [0, 0.05) is 12.0 Å². The molecule has 0 aromatic heterocycles. The van der Waals surface area contributed by atoms with Gasteiger partial charge in [-0.15, -0.1) is 11.8 Å². The van der Waals surface area contributed by atoms with Gasteiger partial charge in [0.15, 0.2) is 0 Å². The zero-order chi connectivity index (χ0) is 18.0. The normalized spacial score (nSPS) is 15.8. The molecule has 1 aromatic rings. The van der Waals surface area contributed by atoms with Crippen molar-refractivity contribution in [3.63, 3.8) is 0 Å². The first kappa shape index (κ1) is 18.6. The van der Waals surface area contributed by atoms with Crippen LogP contribution < -0.4 is 5.32 Å². The average molecular weight is 365 g/mol. The highest BCUT2D eigenvalue weighted by Gasteiger charge is 2.45. The summed E-state index contributed by atoms with van der Waals surface area (Å²) >= 11 is 0.924. The third-order valence-corrected chi connectivity index (χ3v) is 4.69. The maximum atomic E-state index is 13.5. The van der Waals surface area contributed by atoms with Gasteiger partial charge in [0.05, 0.1) is 17.1 Å². The fourth-order valence-corrected chi connectivity index (χ4v) is 2.89. The molecule has 1 amide bonds. The molecule has 0 unspecified atom stereocenters. The van der Waals surface area contributed by atoms with Crippen molar-refractivity contribution in [3.8, 4) is 0 Å². The molecule has 2 N–H and O–H groups in total. The van der Waals surface area contributed by atoms with E-state index in [4.69, 9.17) is 5.11 Å². The predicted octanol–water partition coefficient (Wildman–Crippen LogP) is 2.81. The SMILES string of the molecule is O=C(O)CSCC(=O)NCC1(c2cc(F)cc(C(F)(F)F)c2)CC1. The van der Waals surface area contributed by atoms with Crippen LogP contribution in [0.3, 0.4) is 0 Å². The van der Waals surface area contributed by atoms with Crippen molar-refractivity contribution in [2.45, 2.75) is 24.4 Å². The van der Waals surface area contributed by atoms with Gasteiger partial charge < -0.3 is 10.4 Å². The fourth-order valence-electron chi connectivity index (χ4n) is 2.33. The van der Waals surface area contributed by atoms with Crippen molar-refractivity contribution in [1.29, 1.82) is 0 Å². The first-order valence-corrected chi connectivity index (χ1v) is 8.22. The molecule has 1 fully saturated rings. The molecule has 1 aromatic carbocycles. The van der Waals surface area contributed by atoms with E-state index in [2.05, 4.69) is 5.32 Å². The van der Waals surface area contributed by atoms with Gasteiger partial charge in [0.1, 0.15) is 5.82 Å². The number of carboxylic acid groups (broad SMARTS) is 1. The minimum atomic E-state index is -4.64. The van der Waals surface area contributed by atoms with Gasteiger partial charge in [-0.05, 0) is 36.6 Å². The summed E-state index contributed by atoms with van der Waals surface area (Å²) in [5, 5.41) is 11.1. The third-order valence-electron chi connectivity index (χ3n) is 3.77. The predicted molar refractivity (Wildman–Crippen MR) is 80.3 cm³/mol. The van der Waals surface area contributed by atoms with E-state index in [1.165, 1.54) is 0 Å². The minimum Gasteiger partial charge on any atom is -0.481 e. The molecule has 132 valence electrons. The maximum absolute atomic E-state index is 13.5. The number of alkyl halides is 3. The van der Waals surface area contributed by atoms with Crippen LogP contribution in [0.25, 0.3) is 0 Å². The van der Waals surface area contributed by atoms with Crippen LogP contribution in [0.15, 0.2) is 18.2 Å². The van der Waals surface area contributed by atoms with Crippen LogP contribution in [0.4, 0.5) is 17.6 Å². The number of carbonyl (C=O) groups is 2. The lowest BCUT2D eigenvalue weighted by Crippen LogP contribution is -2.33. The first-order valence-electron chi connectivity index (χ1n) is 7.07. The average Bonchev–Trinajstić information content (AvgIpc) is 3.24. The van der Waals surface area contributed by atoms with Crippen molar-refractivity contribution in [2.24, 2.45) is 0 Å². The number of thioether (sulfide) groups is 1. The highest BCUT2D eigenvalue weighted by atomic mass is 32.2. The molecular formula is C15H15F4NO3S. The summed E-state index contributed by atoms with van der Waals surface area (Å²) in [6, 6.07) is 2.43. The van der Waals surface area contributed by atoms with Crippen LogP contribution in [0, 0.1) is 5.82 Å². The molecule has 0 atom stereocenters. The number of hydrogen-bond acceptors (Lipinski definition) is 3. The van der Waals surface area contributed by atoms with Crippen molar-refractivity contribution in [2.75, 3.05) is 18.1 Å². The number of benzene rings is 1. The Balaban J connectivity index is 2.00. The topological polar surface area (TPSA) is 66.4 Å². The minimum absolute atomic E-state index is 0.0562. The monoisotopic (exact) mass is 365 g/mol. The largest absolute Gasteiger partial charge is 0.481 e. The molecular weight excluding hydrogens is 350 g/mol. The summed E-state index contributed by atoms with van der Waals surface area (Å²) in [6.45, 7) is 0.0974. The van der Waals surface area contributed by atoms with Gasteiger partial charge in [-0.1, -0.05) is 0 Å². The number of carboxylic acids is 1. The van der Waals surface area contributed by atoms with Crippen LogP contribution >= 0.6 is 11.8 Å². The summed E-state index contributed by atoms with van der Waals surface area (Å²) in [6.07, 6.45) is -3.53. The Bertz CT molecular complexity index is 644. The van der Waals surface area contributed by atoms with Gasteiger partial charge in [-0.25, -0.2) is 4.39 Å². The molecule has 24 heavy (non-hydrogen) atoms. The molecule has 1 aliphatic rings. The Kier molecular flexibility index (Phi) is 5.42. The summed E-state index contributed by atoms with van der Waals surface area (Å²) in [5.74, 6) is -2.67. The van der Waals surface area contributed by atoms with E-state index >= 15 is 0 Å². The van der Waals surface area contributed by atoms with E-state index in [0.717, 1.165) is 23.9 Å². The van der Waals surface area contributed by atoms with E-state index in [-0.39, 0.29) is 23.6 Å². The molecule has 1 saturated carbocycles. The molecule has 0 radical (unpaired) electrons. The van der Waals surface area contributed by atoms with E-state index in [0.29, 0.717) is 18.9 Å². The number of halogens is 4. The fraction of sp³-hybridized carbons (Fsp3) is 0.467. The van der Waals surface area contributed by atoms with Crippen LogP contribution in [-0.4, -0.2) is 35.0 Å². The van der Waals surface area contributed by atoms with Crippen molar-refractivity contribution >= 4 is 23.6 Å². The van der Waals surface area contributed by atoms with Crippen molar-refractivity contribution < 1.29 is 32.3 Å². The number of aliphatic carboxylic acids is 1. The van der Waals surface area contributed by atoms with E-state index < -0.39 is 34.8 Å². The number of rotatable bonds is 7. The Hall–Kier alpha value is -1.77. The molecule has 0 heterocycles. The summed E-state index contributed by atoms with van der Waals surface area (Å²) < 4.78 is 51.9. The second-order valence-corrected chi connectivity index (χ2v) is 6.66. The smallest absolute Gasteiger partial charge is 0.416 e. The zero-order valence-corrected chi connectivity index (χ0v) is 13.3. The number of amides is 1. The van der Waals surface area contributed by atoms with E-state index in [1.807, 2.05) is 0 Å². The molecule has 9 heteroatoms. The highest BCUT2D eigenvalue weighted by Crippen LogP contribution is 2.48. The highest BCUT2D eigenvalue weighted by molar-refractivity contribution is 8.00. The van der Waals surface area contributed by atoms with Crippen LogP contribution in [0.2, 0.25) is 0 Å². The summed E-state index contributed by atoms with van der Waals surface area (Å²) in [5.41, 5.74) is -1.52. The summed E-state index contributed by atoms with van der Waals surface area (Å²) in [4.78, 5) is 22.0. The Labute approximate surface area is 139 Å². The van der Waals surface area contributed by atoms with Gasteiger partial charge in [0.25, 0.3) is 0 Å². The van der Waals surface area contributed by atoms with Crippen molar-refractivity contribution in [3.05, 3.63) is 35.1 Å². The number of nitrogens with one attached hydrogen (secondary N) is 1. The Morgan fingerprint density at radius 3 is 2.42 bits per heavy atom. The van der Waals surface area contributed by atoms with E-state index in [9.17, 15) is 27.2 Å². The first-order chi connectivity index (χ1) is 11.1. The molecule has 0 spiro atoms. The maximum Gasteiger partial charge on any atom is 0.416 e. The molecule has 0 saturated heterocycles. The lowest BCUT2D eigenvalue weighted by Gasteiger charge is -2.18. The second kappa shape index (κ2) is 7.00. The summed E-state index contributed by atoms with van der Waals surface area (Å²) in [7, 11) is 0. The molecule has 1 aliphatic carbocycles. The lowest BCUT2D eigenvalue weighted by molar-refractivity contribution is -0.138. The van der Waals surface area contributed by atoms with Crippen LogP contribution in [0.1, 0.15) is 24.0 Å². The molecule has 0 aliphatic heterocycles. The van der Waals surface area contributed by atoms with Crippen molar-refractivity contribution in [1.82, 2.24) is 5.32 Å². The molecule has 2 rings (SSSR count).